The van der Waals surface area contributed by atoms with Crippen LogP contribution >= 0.6 is 0 Å². The zero-order valence-electron chi connectivity index (χ0n) is 12.7. The number of benzene rings is 1. The maximum absolute atomic E-state index is 11.5. The van der Waals surface area contributed by atoms with Crippen molar-refractivity contribution in [3.63, 3.8) is 0 Å². The SMILES string of the molecule is CCCN(CC(=O)NC)Cc1ccc(NC)c([N+](=O)[O-])c1. The molecular weight excluding hydrogens is 272 g/mol. The Morgan fingerprint density at radius 3 is 2.62 bits per heavy atom. The van der Waals surface area contributed by atoms with Gasteiger partial charge in [-0.1, -0.05) is 13.0 Å². The van der Waals surface area contributed by atoms with Gasteiger partial charge in [0.1, 0.15) is 5.69 Å². The maximum Gasteiger partial charge on any atom is 0.292 e. The number of nitro benzene ring substituents is 1. The molecule has 0 saturated carbocycles. The molecule has 0 saturated heterocycles. The van der Waals surface area contributed by atoms with Gasteiger partial charge in [0, 0.05) is 26.7 Å². The number of nitrogens with one attached hydrogen (secondary N) is 2. The molecule has 1 rings (SSSR count). The van der Waals surface area contributed by atoms with Crippen LogP contribution in [0.25, 0.3) is 0 Å². The fraction of sp³-hybridized carbons (Fsp3) is 0.500. The first-order chi connectivity index (χ1) is 10.0. The van der Waals surface area contributed by atoms with E-state index in [2.05, 4.69) is 10.6 Å². The average molecular weight is 294 g/mol. The fourth-order valence-corrected chi connectivity index (χ4v) is 2.11. The normalized spacial score (nSPS) is 10.5. The molecule has 21 heavy (non-hydrogen) atoms. The molecule has 7 nitrogen and oxygen atoms in total. The molecule has 0 fully saturated rings. The second-order valence-electron chi connectivity index (χ2n) is 4.74. The van der Waals surface area contributed by atoms with Crippen molar-refractivity contribution in [2.75, 3.05) is 32.5 Å². The first-order valence-electron chi connectivity index (χ1n) is 6.89. The molecule has 1 amide bonds. The van der Waals surface area contributed by atoms with E-state index in [1.165, 1.54) is 0 Å². The zero-order chi connectivity index (χ0) is 15.8. The Labute approximate surface area is 124 Å². The predicted molar refractivity (Wildman–Crippen MR) is 82.3 cm³/mol. The van der Waals surface area contributed by atoms with Gasteiger partial charge in [0.25, 0.3) is 5.69 Å². The summed E-state index contributed by atoms with van der Waals surface area (Å²) in [6.45, 7) is 3.58. The highest BCUT2D eigenvalue weighted by atomic mass is 16.6. The van der Waals surface area contributed by atoms with Gasteiger partial charge in [0.15, 0.2) is 0 Å². The van der Waals surface area contributed by atoms with Gasteiger partial charge in [0.05, 0.1) is 11.5 Å². The Morgan fingerprint density at radius 2 is 2.10 bits per heavy atom. The quantitative estimate of drug-likeness (QED) is 0.561. The minimum atomic E-state index is -0.405. The molecule has 0 aromatic heterocycles. The lowest BCUT2D eigenvalue weighted by atomic mass is 10.1. The van der Waals surface area contributed by atoms with Crippen LogP contribution in [0.2, 0.25) is 0 Å². The van der Waals surface area contributed by atoms with E-state index >= 15 is 0 Å². The molecule has 1 aromatic carbocycles. The van der Waals surface area contributed by atoms with E-state index in [-0.39, 0.29) is 18.1 Å². The second-order valence-corrected chi connectivity index (χ2v) is 4.74. The summed E-state index contributed by atoms with van der Waals surface area (Å²) in [5.74, 6) is -0.0650. The van der Waals surface area contributed by atoms with Crippen LogP contribution in [0, 0.1) is 10.1 Å². The highest BCUT2D eigenvalue weighted by Crippen LogP contribution is 2.25. The monoisotopic (exact) mass is 294 g/mol. The lowest BCUT2D eigenvalue weighted by Crippen LogP contribution is -2.35. The summed E-state index contributed by atoms with van der Waals surface area (Å²) in [5.41, 5.74) is 1.35. The van der Waals surface area contributed by atoms with E-state index in [0.717, 1.165) is 18.5 Å². The number of nitrogens with zero attached hydrogens (tertiary/aromatic N) is 2. The van der Waals surface area contributed by atoms with E-state index in [0.29, 0.717) is 12.2 Å². The summed E-state index contributed by atoms with van der Waals surface area (Å²) in [7, 11) is 3.25. The van der Waals surface area contributed by atoms with Gasteiger partial charge in [-0.05, 0) is 24.6 Å². The molecule has 0 atom stereocenters. The number of likely N-dealkylation sites (N-methyl/N-ethyl adjacent to an activating group) is 1. The number of hydrogen-bond acceptors (Lipinski definition) is 5. The molecule has 0 spiro atoms. The first kappa shape index (κ1) is 16.9. The standard InChI is InChI=1S/C14H22N4O3/c1-4-7-17(10-14(19)16-3)9-11-5-6-12(15-2)13(8-11)18(20)21/h5-6,8,15H,4,7,9-10H2,1-3H3,(H,16,19). The minimum Gasteiger partial charge on any atom is -0.383 e. The number of hydrogen-bond donors (Lipinski definition) is 2. The highest BCUT2D eigenvalue weighted by Gasteiger charge is 2.15. The van der Waals surface area contributed by atoms with E-state index in [4.69, 9.17) is 0 Å². The van der Waals surface area contributed by atoms with E-state index < -0.39 is 4.92 Å². The van der Waals surface area contributed by atoms with Crippen molar-refractivity contribution in [2.24, 2.45) is 0 Å². The molecule has 2 N–H and O–H groups in total. The van der Waals surface area contributed by atoms with Gasteiger partial charge in [0.2, 0.25) is 5.91 Å². The van der Waals surface area contributed by atoms with Crippen molar-refractivity contribution in [3.05, 3.63) is 33.9 Å². The second kappa shape index (κ2) is 8.21. The Hall–Kier alpha value is -2.15. The molecule has 7 heteroatoms. The predicted octanol–water partition coefficient (Wildman–Crippen LogP) is 1.59. The van der Waals surface area contributed by atoms with Gasteiger partial charge >= 0.3 is 0 Å². The first-order valence-corrected chi connectivity index (χ1v) is 6.89. The van der Waals surface area contributed by atoms with Crippen molar-refractivity contribution in [3.8, 4) is 0 Å². The van der Waals surface area contributed by atoms with Gasteiger partial charge in [-0.25, -0.2) is 0 Å². The molecule has 0 aliphatic carbocycles. The van der Waals surface area contributed by atoms with Crippen LogP contribution in [-0.4, -0.2) is 42.9 Å². The Morgan fingerprint density at radius 1 is 1.38 bits per heavy atom. The average Bonchev–Trinajstić information content (AvgIpc) is 2.47. The van der Waals surface area contributed by atoms with Crippen molar-refractivity contribution in [1.29, 1.82) is 0 Å². The zero-order valence-corrected chi connectivity index (χ0v) is 12.7. The van der Waals surface area contributed by atoms with E-state index in [1.807, 2.05) is 17.9 Å². The summed E-state index contributed by atoms with van der Waals surface area (Å²) < 4.78 is 0. The summed E-state index contributed by atoms with van der Waals surface area (Å²) in [6.07, 6.45) is 0.910. The number of anilines is 1. The third kappa shape index (κ3) is 5.03. The van der Waals surface area contributed by atoms with Crippen molar-refractivity contribution in [2.45, 2.75) is 19.9 Å². The summed E-state index contributed by atoms with van der Waals surface area (Å²) >= 11 is 0. The van der Waals surface area contributed by atoms with Crippen LogP contribution in [0.3, 0.4) is 0 Å². The molecule has 0 aliphatic heterocycles. The minimum absolute atomic E-state index is 0.0476. The number of rotatable bonds is 8. The molecule has 1 aromatic rings. The van der Waals surface area contributed by atoms with Gasteiger partial charge < -0.3 is 10.6 Å². The van der Waals surface area contributed by atoms with Gasteiger partial charge in [-0.15, -0.1) is 0 Å². The van der Waals surface area contributed by atoms with Crippen LogP contribution in [-0.2, 0) is 11.3 Å². The smallest absolute Gasteiger partial charge is 0.292 e. The largest absolute Gasteiger partial charge is 0.383 e. The summed E-state index contributed by atoms with van der Waals surface area (Å²) in [5, 5.41) is 16.4. The summed E-state index contributed by atoms with van der Waals surface area (Å²) in [4.78, 5) is 24.1. The summed E-state index contributed by atoms with van der Waals surface area (Å²) in [6, 6.07) is 5.08. The van der Waals surface area contributed by atoms with Crippen molar-refractivity contribution < 1.29 is 9.72 Å². The van der Waals surface area contributed by atoms with Crippen LogP contribution < -0.4 is 10.6 Å². The topological polar surface area (TPSA) is 87.5 Å². The van der Waals surface area contributed by atoms with E-state index in [9.17, 15) is 14.9 Å². The van der Waals surface area contributed by atoms with Gasteiger partial charge in [-0.3, -0.25) is 19.8 Å². The molecule has 116 valence electrons. The van der Waals surface area contributed by atoms with Crippen LogP contribution in [0.4, 0.5) is 11.4 Å². The van der Waals surface area contributed by atoms with Crippen LogP contribution in [0.1, 0.15) is 18.9 Å². The number of carbonyl (C=O) groups is 1. The molecule has 0 unspecified atom stereocenters. The molecule has 0 heterocycles. The third-order valence-electron chi connectivity index (χ3n) is 3.12. The molecule has 0 bridgehead atoms. The molecular formula is C14H22N4O3. The lowest BCUT2D eigenvalue weighted by Gasteiger charge is -2.20. The number of carbonyl (C=O) groups excluding carboxylic acids is 1. The maximum atomic E-state index is 11.5. The number of nitro groups is 1. The Bertz CT molecular complexity index is 505. The van der Waals surface area contributed by atoms with E-state index in [1.54, 1.807) is 26.2 Å². The third-order valence-corrected chi connectivity index (χ3v) is 3.12. The molecule has 0 aliphatic rings. The van der Waals surface area contributed by atoms with Crippen molar-refractivity contribution >= 4 is 17.3 Å². The number of amides is 1. The van der Waals surface area contributed by atoms with Gasteiger partial charge in [-0.2, -0.15) is 0 Å². The molecule has 0 radical (unpaired) electrons. The van der Waals surface area contributed by atoms with Crippen molar-refractivity contribution in [1.82, 2.24) is 10.2 Å². The fourth-order valence-electron chi connectivity index (χ4n) is 2.11. The Kier molecular flexibility index (Phi) is 6.61. The van der Waals surface area contributed by atoms with Crippen LogP contribution in [0.15, 0.2) is 18.2 Å². The lowest BCUT2D eigenvalue weighted by molar-refractivity contribution is -0.384. The highest BCUT2D eigenvalue weighted by molar-refractivity contribution is 5.77. The Balaban J connectivity index is 2.90. The van der Waals surface area contributed by atoms with Crippen LogP contribution in [0.5, 0.6) is 0 Å².